The van der Waals surface area contributed by atoms with E-state index in [1.165, 1.54) is 49.6 Å². The summed E-state index contributed by atoms with van der Waals surface area (Å²) in [4.78, 5) is 8.43. The molecule has 1 aromatic heterocycles. The summed E-state index contributed by atoms with van der Waals surface area (Å²) >= 11 is 1.80. The molecule has 1 aromatic rings. The van der Waals surface area contributed by atoms with Gasteiger partial charge in [0.1, 0.15) is 0 Å². The van der Waals surface area contributed by atoms with Crippen molar-refractivity contribution < 1.29 is 0 Å². The molecule has 3 nitrogen and oxygen atoms in total. The lowest BCUT2D eigenvalue weighted by molar-refractivity contribution is 0.211. The molecule has 1 saturated heterocycles. The summed E-state index contributed by atoms with van der Waals surface area (Å²) in [6.07, 6.45) is 3.72. The van der Waals surface area contributed by atoms with E-state index in [1.54, 1.807) is 11.3 Å². The van der Waals surface area contributed by atoms with Crippen LogP contribution in [0.3, 0.4) is 0 Å². The van der Waals surface area contributed by atoms with Crippen molar-refractivity contribution in [2.24, 2.45) is 0 Å². The summed E-state index contributed by atoms with van der Waals surface area (Å²) in [6, 6.07) is 0.753. The minimum atomic E-state index is 0.753. The SMILES string of the molecule is CCCN(CCc1scnc1C)C1CCNC1. The van der Waals surface area contributed by atoms with Gasteiger partial charge in [-0.05, 0) is 39.3 Å². The summed E-state index contributed by atoms with van der Waals surface area (Å²) in [5, 5.41) is 3.46. The molecule has 1 aliphatic rings. The molecule has 1 fully saturated rings. The maximum atomic E-state index is 4.33. The Morgan fingerprint density at radius 3 is 3.00 bits per heavy atom. The largest absolute Gasteiger partial charge is 0.315 e. The fourth-order valence-corrected chi connectivity index (χ4v) is 3.30. The van der Waals surface area contributed by atoms with Crippen LogP contribution in [-0.4, -0.2) is 42.1 Å². The lowest BCUT2D eigenvalue weighted by Gasteiger charge is -2.27. The van der Waals surface area contributed by atoms with Crippen molar-refractivity contribution in [3.05, 3.63) is 16.1 Å². The first-order chi connectivity index (χ1) is 8.31. The van der Waals surface area contributed by atoms with E-state index in [-0.39, 0.29) is 0 Å². The van der Waals surface area contributed by atoms with Crippen molar-refractivity contribution >= 4 is 11.3 Å². The van der Waals surface area contributed by atoms with Gasteiger partial charge in [-0.3, -0.25) is 4.90 Å². The predicted molar refractivity (Wildman–Crippen MR) is 73.7 cm³/mol. The van der Waals surface area contributed by atoms with Gasteiger partial charge < -0.3 is 5.32 Å². The van der Waals surface area contributed by atoms with E-state index in [4.69, 9.17) is 0 Å². The van der Waals surface area contributed by atoms with Gasteiger partial charge in [0, 0.05) is 24.0 Å². The van der Waals surface area contributed by atoms with Crippen LogP contribution in [-0.2, 0) is 6.42 Å². The van der Waals surface area contributed by atoms with Crippen molar-refractivity contribution in [3.63, 3.8) is 0 Å². The zero-order valence-electron chi connectivity index (χ0n) is 10.9. The number of thiazole rings is 1. The Bertz CT molecular complexity index is 331. The van der Waals surface area contributed by atoms with Gasteiger partial charge in [-0.25, -0.2) is 4.98 Å². The van der Waals surface area contributed by atoms with Crippen LogP contribution < -0.4 is 5.32 Å². The van der Waals surface area contributed by atoms with E-state index in [0.717, 1.165) is 12.5 Å². The van der Waals surface area contributed by atoms with Crippen LogP contribution in [0.15, 0.2) is 5.51 Å². The Balaban J connectivity index is 1.86. The Hall–Kier alpha value is -0.450. The van der Waals surface area contributed by atoms with Gasteiger partial charge in [0.25, 0.3) is 0 Å². The molecule has 0 aliphatic carbocycles. The number of nitrogens with one attached hydrogen (secondary N) is 1. The topological polar surface area (TPSA) is 28.2 Å². The lowest BCUT2D eigenvalue weighted by Crippen LogP contribution is -2.38. The summed E-state index contributed by atoms with van der Waals surface area (Å²) in [5.41, 5.74) is 3.18. The monoisotopic (exact) mass is 253 g/mol. The normalized spacial score (nSPS) is 20.3. The van der Waals surface area contributed by atoms with Gasteiger partial charge in [0.15, 0.2) is 0 Å². The second-order valence-electron chi connectivity index (χ2n) is 4.79. The van der Waals surface area contributed by atoms with Crippen molar-refractivity contribution in [3.8, 4) is 0 Å². The fraction of sp³-hybridized carbons (Fsp3) is 0.769. The van der Waals surface area contributed by atoms with Gasteiger partial charge in [-0.1, -0.05) is 6.92 Å². The summed E-state index contributed by atoms with van der Waals surface area (Å²) in [7, 11) is 0. The molecule has 0 spiro atoms. The van der Waals surface area contributed by atoms with E-state index in [1.807, 2.05) is 5.51 Å². The van der Waals surface area contributed by atoms with E-state index < -0.39 is 0 Å². The molecule has 0 saturated carbocycles. The van der Waals surface area contributed by atoms with E-state index in [2.05, 4.69) is 29.0 Å². The third-order valence-electron chi connectivity index (χ3n) is 3.53. The maximum Gasteiger partial charge on any atom is 0.0797 e. The molecule has 17 heavy (non-hydrogen) atoms. The summed E-state index contributed by atoms with van der Waals surface area (Å²) < 4.78 is 0. The van der Waals surface area contributed by atoms with Crippen LogP contribution in [0.1, 0.15) is 30.3 Å². The van der Waals surface area contributed by atoms with Crippen molar-refractivity contribution in [1.82, 2.24) is 15.2 Å². The Kier molecular flexibility index (Phi) is 4.95. The average Bonchev–Trinajstić information content (AvgIpc) is 2.96. The number of rotatable bonds is 6. The van der Waals surface area contributed by atoms with Gasteiger partial charge >= 0.3 is 0 Å². The zero-order valence-corrected chi connectivity index (χ0v) is 11.7. The molecular weight excluding hydrogens is 230 g/mol. The average molecular weight is 253 g/mol. The molecule has 1 unspecified atom stereocenters. The molecule has 0 bridgehead atoms. The molecule has 0 radical (unpaired) electrons. The first kappa shape index (κ1) is 13.0. The van der Waals surface area contributed by atoms with Gasteiger partial charge in [0.05, 0.1) is 11.2 Å². The second-order valence-corrected chi connectivity index (χ2v) is 5.73. The Morgan fingerprint density at radius 2 is 2.41 bits per heavy atom. The zero-order chi connectivity index (χ0) is 12.1. The molecule has 2 rings (SSSR count). The number of aryl methyl sites for hydroxylation is 1. The third-order valence-corrected chi connectivity index (χ3v) is 4.53. The highest BCUT2D eigenvalue weighted by atomic mass is 32.1. The number of hydrogen-bond acceptors (Lipinski definition) is 4. The Morgan fingerprint density at radius 1 is 1.53 bits per heavy atom. The second kappa shape index (κ2) is 6.47. The smallest absolute Gasteiger partial charge is 0.0797 e. The van der Waals surface area contributed by atoms with E-state index in [0.29, 0.717) is 0 Å². The summed E-state index contributed by atoms with van der Waals surface area (Å²) in [5.74, 6) is 0. The van der Waals surface area contributed by atoms with E-state index >= 15 is 0 Å². The standard InChI is InChI=1S/C13H23N3S/c1-3-7-16(12-4-6-14-9-12)8-5-13-11(2)15-10-17-13/h10,12,14H,3-9H2,1-2H3. The van der Waals surface area contributed by atoms with Gasteiger partial charge in [-0.15, -0.1) is 11.3 Å². The van der Waals surface area contributed by atoms with Gasteiger partial charge in [-0.2, -0.15) is 0 Å². The lowest BCUT2D eigenvalue weighted by atomic mass is 10.2. The Labute approximate surface area is 108 Å². The molecule has 1 N–H and O–H groups in total. The first-order valence-electron chi connectivity index (χ1n) is 6.65. The quantitative estimate of drug-likeness (QED) is 0.841. The molecular formula is C13H23N3S. The van der Waals surface area contributed by atoms with E-state index in [9.17, 15) is 0 Å². The molecule has 96 valence electrons. The predicted octanol–water partition coefficient (Wildman–Crippen LogP) is 2.07. The van der Waals surface area contributed by atoms with Gasteiger partial charge in [0.2, 0.25) is 0 Å². The number of aromatic nitrogens is 1. The van der Waals surface area contributed by atoms with Crippen LogP contribution >= 0.6 is 11.3 Å². The molecule has 4 heteroatoms. The highest BCUT2D eigenvalue weighted by molar-refractivity contribution is 7.09. The van der Waals surface area contributed by atoms with Crippen molar-refractivity contribution in [1.29, 1.82) is 0 Å². The highest BCUT2D eigenvalue weighted by Gasteiger charge is 2.21. The fourth-order valence-electron chi connectivity index (χ4n) is 2.53. The van der Waals surface area contributed by atoms with Crippen molar-refractivity contribution in [2.45, 2.75) is 39.2 Å². The van der Waals surface area contributed by atoms with Crippen LogP contribution in [0.5, 0.6) is 0 Å². The van der Waals surface area contributed by atoms with Crippen LogP contribution in [0.25, 0.3) is 0 Å². The summed E-state index contributed by atoms with van der Waals surface area (Å²) in [6.45, 7) is 9.15. The molecule has 2 heterocycles. The minimum absolute atomic E-state index is 0.753. The minimum Gasteiger partial charge on any atom is -0.315 e. The van der Waals surface area contributed by atoms with Crippen LogP contribution in [0.2, 0.25) is 0 Å². The molecule has 0 amide bonds. The molecule has 1 atom stereocenters. The molecule has 1 aliphatic heterocycles. The van der Waals surface area contributed by atoms with Crippen molar-refractivity contribution in [2.75, 3.05) is 26.2 Å². The number of hydrogen-bond donors (Lipinski definition) is 1. The van der Waals surface area contributed by atoms with Crippen LogP contribution in [0, 0.1) is 6.92 Å². The number of nitrogens with zero attached hydrogens (tertiary/aromatic N) is 2. The third kappa shape index (κ3) is 3.50. The van der Waals surface area contributed by atoms with Crippen LogP contribution in [0.4, 0.5) is 0 Å². The molecule has 0 aromatic carbocycles. The highest BCUT2D eigenvalue weighted by Crippen LogP contribution is 2.15. The maximum absolute atomic E-state index is 4.33. The first-order valence-corrected chi connectivity index (χ1v) is 7.53.